The fourth-order valence-electron chi connectivity index (χ4n) is 4.16. The summed E-state index contributed by atoms with van der Waals surface area (Å²) in [6.45, 7) is 21.2. The minimum absolute atomic E-state index is 0.00597. The van der Waals surface area contributed by atoms with E-state index in [4.69, 9.17) is 8.84 Å². The van der Waals surface area contributed by atoms with Crippen molar-refractivity contribution in [3.8, 4) is 0 Å². The Morgan fingerprint density at radius 3 is 2.33 bits per heavy atom. The Morgan fingerprint density at radius 1 is 1.27 bits per heavy atom. The third kappa shape index (κ3) is 5.13. The molecule has 170 valence electrons. The zero-order valence-corrected chi connectivity index (χ0v) is 22.2. The number of carbonyl (C=O) groups excluding carboxylic acids is 2. The summed E-state index contributed by atoms with van der Waals surface area (Å²) in [7, 11) is -2.18. The van der Waals surface area contributed by atoms with Crippen molar-refractivity contribution in [3.05, 3.63) is 24.2 Å². The lowest BCUT2D eigenvalue weighted by atomic mass is 9.68. The molecule has 4 nitrogen and oxygen atoms in total. The van der Waals surface area contributed by atoms with Crippen molar-refractivity contribution in [1.29, 1.82) is 0 Å². The first-order valence-electron chi connectivity index (χ1n) is 11.0. The summed E-state index contributed by atoms with van der Waals surface area (Å²) in [5.74, 6) is -0.0853. The van der Waals surface area contributed by atoms with Crippen molar-refractivity contribution < 1.29 is 18.4 Å². The molecule has 1 aliphatic carbocycles. The molecule has 0 saturated heterocycles. The Kier molecular flexibility index (Phi) is 7.27. The van der Waals surface area contributed by atoms with E-state index < -0.39 is 19.8 Å². The van der Waals surface area contributed by atoms with E-state index in [2.05, 4.69) is 54.6 Å². The highest BCUT2D eigenvalue weighted by Crippen LogP contribution is 2.56. The van der Waals surface area contributed by atoms with Gasteiger partial charge in [-0.2, -0.15) is 0 Å². The van der Waals surface area contributed by atoms with Crippen LogP contribution in [0.5, 0.6) is 0 Å². The molecule has 1 heterocycles. The van der Waals surface area contributed by atoms with Gasteiger partial charge in [-0.25, -0.2) is 0 Å². The van der Waals surface area contributed by atoms with E-state index in [0.717, 1.165) is 12.0 Å². The molecule has 1 saturated carbocycles. The van der Waals surface area contributed by atoms with Crippen LogP contribution >= 0.6 is 11.8 Å². The van der Waals surface area contributed by atoms with Crippen LogP contribution < -0.4 is 0 Å². The molecule has 1 aromatic heterocycles. The molecule has 0 radical (unpaired) electrons. The van der Waals surface area contributed by atoms with Crippen LogP contribution in [0.4, 0.5) is 0 Å². The van der Waals surface area contributed by atoms with Crippen LogP contribution in [-0.2, 0) is 14.0 Å². The number of carbonyl (C=O) groups is 2. The fraction of sp³-hybridized carbons (Fsp3) is 0.750. The molecule has 1 aromatic rings. The molecule has 0 aromatic carbocycles. The first-order valence-corrected chi connectivity index (χ1v) is 14.7. The van der Waals surface area contributed by atoms with Gasteiger partial charge in [-0.05, 0) is 43.5 Å². The van der Waals surface area contributed by atoms with Gasteiger partial charge in [0.25, 0.3) is 0 Å². The highest BCUT2D eigenvalue weighted by Gasteiger charge is 2.57. The second-order valence-corrected chi connectivity index (χ2v) is 18.1. The molecule has 0 bridgehead atoms. The maximum Gasteiger partial charge on any atom is 0.192 e. The van der Waals surface area contributed by atoms with Crippen molar-refractivity contribution in [2.45, 2.75) is 97.2 Å². The van der Waals surface area contributed by atoms with Gasteiger partial charge in [-0.1, -0.05) is 60.2 Å². The number of ketones is 1. The Hall–Kier alpha value is -0.853. The summed E-state index contributed by atoms with van der Waals surface area (Å²) in [5.41, 5.74) is 0.137. The highest BCUT2D eigenvalue weighted by atomic mass is 32.2. The Morgan fingerprint density at radius 2 is 1.87 bits per heavy atom. The largest absolute Gasteiger partial charge is 0.472 e. The summed E-state index contributed by atoms with van der Waals surface area (Å²) in [6.07, 6.45) is 4.14. The molecule has 2 rings (SSSR count). The average molecular weight is 453 g/mol. The smallest absolute Gasteiger partial charge is 0.192 e. The van der Waals surface area contributed by atoms with Gasteiger partial charge in [-0.3, -0.25) is 9.59 Å². The molecule has 0 unspecified atom stereocenters. The van der Waals surface area contributed by atoms with Crippen LogP contribution in [0.15, 0.2) is 23.0 Å². The predicted octanol–water partition coefficient (Wildman–Crippen LogP) is 7.02. The highest BCUT2D eigenvalue weighted by molar-refractivity contribution is 8.14. The minimum Gasteiger partial charge on any atom is -0.472 e. The van der Waals surface area contributed by atoms with Crippen LogP contribution in [0, 0.1) is 17.3 Å². The zero-order valence-electron chi connectivity index (χ0n) is 20.4. The monoisotopic (exact) mass is 452 g/mol. The van der Waals surface area contributed by atoms with E-state index in [-0.39, 0.29) is 32.5 Å². The third-order valence-corrected chi connectivity index (χ3v) is 12.7. The van der Waals surface area contributed by atoms with E-state index in [1.165, 1.54) is 11.8 Å². The van der Waals surface area contributed by atoms with Gasteiger partial charge in [0.15, 0.2) is 13.4 Å². The van der Waals surface area contributed by atoms with Crippen LogP contribution in [0.1, 0.15) is 79.9 Å². The number of Topliss-reactive ketones (excluding diaryl/α,β-unsaturated/α-hetero) is 1. The molecule has 1 aliphatic rings. The second-order valence-electron chi connectivity index (χ2n) is 11.5. The lowest BCUT2D eigenvalue weighted by Crippen LogP contribution is -2.48. The summed E-state index contributed by atoms with van der Waals surface area (Å²) in [4.78, 5) is 26.5. The second kappa shape index (κ2) is 8.59. The molecule has 4 atom stereocenters. The topological polar surface area (TPSA) is 56.5 Å². The van der Waals surface area contributed by atoms with Crippen LogP contribution in [0.3, 0.4) is 0 Å². The van der Waals surface area contributed by atoms with Gasteiger partial charge < -0.3 is 8.84 Å². The molecule has 30 heavy (non-hydrogen) atoms. The molecule has 1 fully saturated rings. The molecular weight excluding hydrogens is 412 g/mol. The molecule has 0 spiro atoms. The quantitative estimate of drug-likeness (QED) is 0.434. The van der Waals surface area contributed by atoms with Crippen LogP contribution in [0.2, 0.25) is 18.1 Å². The number of hydrogen-bond donors (Lipinski definition) is 0. The van der Waals surface area contributed by atoms with Gasteiger partial charge in [-0.15, -0.1) is 0 Å². The number of rotatable bonds is 6. The van der Waals surface area contributed by atoms with Crippen molar-refractivity contribution >= 4 is 31.0 Å². The minimum atomic E-state index is -2.18. The molecule has 0 amide bonds. The Bertz CT molecular complexity index is 757. The van der Waals surface area contributed by atoms with E-state index in [1.54, 1.807) is 12.5 Å². The van der Waals surface area contributed by atoms with Gasteiger partial charge in [0, 0.05) is 22.6 Å². The predicted molar refractivity (Wildman–Crippen MR) is 127 cm³/mol. The lowest BCUT2D eigenvalue weighted by Gasteiger charge is -2.46. The summed E-state index contributed by atoms with van der Waals surface area (Å²) in [6, 6.07) is 1.90. The molecule has 6 heteroatoms. The number of thioether (sulfide) groups is 1. The lowest BCUT2D eigenvalue weighted by molar-refractivity contribution is -0.135. The SMILES string of the molecule is C[C@H](C(=O)SC(C)(C)C)[C@@H]1CCC(=O)[C@@]1(C)[C@@H](O[Si](C)(C)C(C)(C)C)c1ccoc1. The van der Waals surface area contributed by atoms with Crippen molar-refractivity contribution in [2.75, 3.05) is 0 Å². The Balaban J connectivity index is 2.48. The molecule has 0 aliphatic heterocycles. The average Bonchev–Trinajstić information content (AvgIpc) is 3.19. The standard InChI is InChI=1S/C24H40O4SSi/c1-16(21(26)29-22(2,3)4)18-11-12-19(25)24(18,8)20(17-13-14-27-15-17)28-30(9,10)23(5,6)7/h13-16,18,20H,11-12H2,1-10H3/t16-,18-,20-,24-/m0/s1. The van der Waals surface area contributed by atoms with E-state index in [9.17, 15) is 9.59 Å². The van der Waals surface area contributed by atoms with E-state index in [0.29, 0.717) is 6.42 Å². The van der Waals surface area contributed by atoms with Crippen LogP contribution in [0.25, 0.3) is 0 Å². The van der Waals surface area contributed by atoms with Gasteiger partial charge in [0.05, 0.1) is 24.0 Å². The van der Waals surface area contributed by atoms with E-state index in [1.807, 2.05) is 19.9 Å². The van der Waals surface area contributed by atoms with Crippen molar-refractivity contribution in [2.24, 2.45) is 17.3 Å². The first-order chi connectivity index (χ1) is 13.5. The van der Waals surface area contributed by atoms with Crippen molar-refractivity contribution in [3.63, 3.8) is 0 Å². The normalized spacial score (nSPS) is 25.4. The molecular formula is C24H40O4SSi. The van der Waals surface area contributed by atoms with Gasteiger partial charge >= 0.3 is 0 Å². The van der Waals surface area contributed by atoms with Gasteiger partial charge in [0.2, 0.25) is 0 Å². The molecule has 0 N–H and O–H groups in total. The zero-order chi connectivity index (χ0) is 23.1. The summed E-state index contributed by atoms with van der Waals surface area (Å²) < 4.78 is 12.2. The van der Waals surface area contributed by atoms with Crippen LogP contribution in [-0.4, -0.2) is 24.0 Å². The first kappa shape index (κ1) is 25.4. The number of hydrogen-bond acceptors (Lipinski definition) is 5. The van der Waals surface area contributed by atoms with Gasteiger partial charge in [0.1, 0.15) is 5.78 Å². The third-order valence-electron chi connectivity index (χ3n) is 7.04. The maximum absolute atomic E-state index is 13.4. The van der Waals surface area contributed by atoms with E-state index >= 15 is 0 Å². The maximum atomic E-state index is 13.4. The fourth-order valence-corrected chi connectivity index (χ4v) is 6.44. The number of furan rings is 1. The summed E-state index contributed by atoms with van der Waals surface area (Å²) >= 11 is 1.38. The Labute approximate surface area is 188 Å². The van der Waals surface area contributed by atoms with Crippen molar-refractivity contribution in [1.82, 2.24) is 0 Å². The summed E-state index contributed by atoms with van der Waals surface area (Å²) in [5, 5.41) is 0.165.